The Hall–Kier alpha value is -0.670. The Balaban J connectivity index is 2.58. The molecular formula is C9H13NOS. The lowest BCUT2D eigenvalue weighted by Crippen LogP contribution is -2.01. The molecule has 1 rings (SSSR count). The highest BCUT2D eigenvalue weighted by molar-refractivity contribution is 8.00. The van der Waals surface area contributed by atoms with Gasteiger partial charge in [0.15, 0.2) is 0 Å². The minimum absolute atomic E-state index is 0.203. The summed E-state index contributed by atoms with van der Waals surface area (Å²) < 4.78 is 0. The number of anilines is 1. The summed E-state index contributed by atoms with van der Waals surface area (Å²) in [6, 6.07) is 7.66. The van der Waals surface area contributed by atoms with Crippen LogP contribution in [0.25, 0.3) is 0 Å². The maximum Gasteiger partial charge on any atom is 0.0550 e. The molecule has 1 atom stereocenters. The molecule has 0 aromatic heterocycles. The third-order valence-electron chi connectivity index (χ3n) is 1.47. The summed E-state index contributed by atoms with van der Waals surface area (Å²) in [4.78, 5) is 1.14. The molecule has 0 aliphatic rings. The van der Waals surface area contributed by atoms with Gasteiger partial charge in [0.1, 0.15) is 0 Å². The first-order chi connectivity index (χ1) is 5.72. The van der Waals surface area contributed by atoms with Crippen molar-refractivity contribution in [3.8, 4) is 0 Å². The van der Waals surface area contributed by atoms with Crippen LogP contribution in [0.3, 0.4) is 0 Å². The summed E-state index contributed by atoms with van der Waals surface area (Å²) in [6.45, 7) is 2.19. The van der Waals surface area contributed by atoms with Crippen LogP contribution < -0.4 is 5.73 Å². The fourth-order valence-corrected chi connectivity index (χ4v) is 1.65. The van der Waals surface area contributed by atoms with Gasteiger partial charge in [-0.05, 0) is 24.3 Å². The molecule has 0 amide bonds. The third-order valence-corrected chi connectivity index (χ3v) is 2.57. The lowest BCUT2D eigenvalue weighted by atomic mass is 10.3. The second kappa shape index (κ2) is 4.38. The van der Waals surface area contributed by atoms with Crippen LogP contribution in [-0.4, -0.2) is 17.0 Å². The molecule has 0 aliphatic heterocycles. The highest BCUT2D eigenvalue weighted by atomic mass is 32.2. The topological polar surface area (TPSA) is 46.2 Å². The summed E-state index contributed by atoms with van der Waals surface area (Å²) in [5, 5.41) is 9.05. The van der Waals surface area contributed by atoms with Gasteiger partial charge in [0.2, 0.25) is 0 Å². The van der Waals surface area contributed by atoms with E-state index in [1.54, 1.807) is 11.8 Å². The Morgan fingerprint density at radius 1 is 1.42 bits per heavy atom. The van der Waals surface area contributed by atoms with Gasteiger partial charge in [0.25, 0.3) is 0 Å². The number of benzene rings is 1. The molecule has 0 saturated carbocycles. The van der Waals surface area contributed by atoms with Crippen LogP contribution >= 0.6 is 11.8 Å². The highest BCUT2D eigenvalue weighted by Gasteiger charge is 2.01. The van der Waals surface area contributed by atoms with Gasteiger partial charge in [-0.2, -0.15) is 0 Å². The van der Waals surface area contributed by atoms with E-state index in [9.17, 15) is 0 Å². The lowest BCUT2D eigenvalue weighted by Gasteiger charge is -2.06. The van der Waals surface area contributed by atoms with Crippen LogP contribution in [0.4, 0.5) is 5.69 Å². The first kappa shape index (κ1) is 9.42. The summed E-state index contributed by atoms with van der Waals surface area (Å²) in [7, 11) is 0. The number of hydrogen-bond donors (Lipinski definition) is 2. The molecule has 3 N–H and O–H groups in total. The fourth-order valence-electron chi connectivity index (χ4n) is 0.816. The van der Waals surface area contributed by atoms with Crippen LogP contribution in [0.1, 0.15) is 6.92 Å². The van der Waals surface area contributed by atoms with Gasteiger partial charge in [0, 0.05) is 15.8 Å². The van der Waals surface area contributed by atoms with Crippen molar-refractivity contribution in [2.45, 2.75) is 17.1 Å². The van der Waals surface area contributed by atoms with E-state index in [0.29, 0.717) is 0 Å². The van der Waals surface area contributed by atoms with Crippen LogP contribution in [-0.2, 0) is 0 Å². The monoisotopic (exact) mass is 183 g/mol. The number of aliphatic hydroxyl groups excluding tert-OH is 1. The maximum absolute atomic E-state index is 8.81. The smallest absolute Gasteiger partial charge is 0.0550 e. The van der Waals surface area contributed by atoms with Gasteiger partial charge in [-0.1, -0.05) is 6.92 Å². The van der Waals surface area contributed by atoms with Crippen molar-refractivity contribution in [1.29, 1.82) is 0 Å². The molecule has 1 aromatic rings. The second-order valence-corrected chi connectivity index (χ2v) is 4.19. The molecule has 1 unspecified atom stereocenters. The maximum atomic E-state index is 8.81. The van der Waals surface area contributed by atoms with Crippen LogP contribution in [0.5, 0.6) is 0 Å². The minimum Gasteiger partial charge on any atom is -0.399 e. The van der Waals surface area contributed by atoms with Gasteiger partial charge in [0.05, 0.1) is 6.61 Å². The van der Waals surface area contributed by atoms with Crippen molar-refractivity contribution >= 4 is 17.4 Å². The van der Waals surface area contributed by atoms with E-state index in [2.05, 4.69) is 0 Å². The first-order valence-electron chi connectivity index (χ1n) is 3.85. The van der Waals surface area contributed by atoms with Gasteiger partial charge in [-0.25, -0.2) is 0 Å². The zero-order valence-corrected chi connectivity index (χ0v) is 7.84. The third kappa shape index (κ3) is 2.75. The number of nitrogens with two attached hydrogens (primary N) is 1. The van der Waals surface area contributed by atoms with Crippen molar-refractivity contribution < 1.29 is 5.11 Å². The fraction of sp³-hybridized carbons (Fsp3) is 0.333. The summed E-state index contributed by atoms with van der Waals surface area (Å²) in [5.41, 5.74) is 6.31. The highest BCUT2D eigenvalue weighted by Crippen LogP contribution is 2.23. The molecule has 66 valence electrons. The summed E-state index contributed by atoms with van der Waals surface area (Å²) >= 11 is 1.65. The number of rotatable bonds is 3. The molecule has 0 spiro atoms. The predicted molar refractivity (Wildman–Crippen MR) is 53.3 cm³/mol. The van der Waals surface area contributed by atoms with Crippen molar-refractivity contribution in [1.82, 2.24) is 0 Å². The lowest BCUT2D eigenvalue weighted by molar-refractivity contribution is 0.300. The number of thioether (sulfide) groups is 1. The van der Waals surface area contributed by atoms with E-state index >= 15 is 0 Å². The largest absolute Gasteiger partial charge is 0.399 e. The Kier molecular flexibility index (Phi) is 3.44. The van der Waals surface area contributed by atoms with E-state index in [4.69, 9.17) is 10.8 Å². The Morgan fingerprint density at radius 3 is 2.50 bits per heavy atom. The molecule has 0 bridgehead atoms. The summed E-state index contributed by atoms with van der Waals surface area (Å²) in [6.07, 6.45) is 0. The zero-order chi connectivity index (χ0) is 8.97. The average Bonchev–Trinajstić information content (AvgIpc) is 2.09. The summed E-state index contributed by atoms with van der Waals surface area (Å²) in [5.74, 6) is 0. The van der Waals surface area contributed by atoms with E-state index in [0.717, 1.165) is 10.6 Å². The molecule has 0 radical (unpaired) electrons. The van der Waals surface area contributed by atoms with Crippen LogP contribution in [0.15, 0.2) is 29.2 Å². The standard InChI is InChI=1S/C9H13NOS/c1-7(6-11)12-9-4-2-8(10)3-5-9/h2-5,7,11H,6,10H2,1H3. The van der Waals surface area contributed by atoms with Gasteiger partial charge >= 0.3 is 0 Å². The first-order valence-corrected chi connectivity index (χ1v) is 4.73. The molecule has 0 saturated heterocycles. The van der Waals surface area contributed by atoms with Crippen LogP contribution in [0.2, 0.25) is 0 Å². The Morgan fingerprint density at radius 2 is 2.00 bits per heavy atom. The van der Waals surface area contributed by atoms with E-state index < -0.39 is 0 Å². The van der Waals surface area contributed by atoms with Crippen molar-refractivity contribution in [3.05, 3.63) is 24.3 Å². The van der Waals surface area contributed by atoms with Gasteiger partial charge < -0.3 is 10.8 Å². The molecule has 0 aliphatic carbocycles. The normalized spacial score (nSPS) is 12.8. The quantitative estimate of drug-likeness (QED) is 0.554. The molecule has 2 nitrogen and oxygen atoms in total. The Bertz CT molecular complexity index is 235. The molecule has 1 aromatic carbocycles. The van der Waals surface area contributed by atoms with E-state index in [1.165, 1.54) is 0 Å². The van der Waals surface area contributed by atoms with Crippen LogP contribution in [0, 0.1) is 0 Å². The zero-order valence-electron chi connectivity index (χ0n) is 7.03. The molecule has 0 heterocycles. The van der Waals surface area contributed by atoms with Crippen molar-refractivity contribution in [2.24, 2.45) is 0 Å². The predicted octanol–water partition coefficient (Wildman–Crippen LogP) is 1.74. The van der Waals surface area contributed by atoms with Crippen molar-refractivity contribution in [2.75, 3.05) is 12.3 Å². The number of nitrogen functional groups attached to an aromatic ring is 1. The number of hydrogen-bond acceptors (Lipinski definition) is 3. The molecule has 3 heteroatoms. The average molecular weight is 183 g/mol. The van der Waals surface area contributed by atoms with Crippen molar-refractivity contribution in [3.63, 3.8) is 0 Å². The van der Waals surface area contributed by atoms with Gasteiger partial charge in [-0.15, -0.1) is 11.8 Å². The van der Waals surface area contributed by atoms with E-state index in [-0.39, 0.29) is 11.9 Å². The second-order valence-electron chi connectivity index (χ2n) is 2.68. The molecule has 12 heavy (non-hydrogen) atoms. The van der Waals surface area contributed by atoms with E-state index in [1.807, 2.05) is 31.2 Å². The Labute approximate surface area is 76.8 Å². The molecular weight excluding hydrogens is 170 g/mol. The minimum atomic E-state index is 0.203. The molecule has 0 fully saturated rings. The number of aliphatic hydroxyl groups is 1. The van der Waals surface area contributed by atoms with Gasteiger partial charge in [-0.3, -0.25) is 0 Å². The SMILES string of the molecule is CC(CO)Sc1ccc(N)cc1.